The molecular formula is C16H27NS. The highest BCUT2D eigenvalue weighted by Gasteiger charge is 2.15. The summed E-state index contributed by atoms with van der Waals surface area (Å²) in [5, 5.41) is 3.63. The lowest BCUT2D eigenvalue weighted by atomic mass is 9.98. The van der Waals surface area contributed by atoms with Crippen LogP contribution in [0.2, 0.25) is 0 Å². The Morgan fingerprint density at radius 2 is 1.83 bits per heavy atom. The van der Waals surface area contributed by atoms with Crippen molar-refractivity contribution >= 4 is 11.8 Å². The lowest BCUT2D eigenvalue weighted by Crippen LogP contribution is -2.37. The Hall–Kier alpha value is -0.470. The minimum atomic E-state index is 0.626. The van der Waals surface area contributed by atoms with Gasteiger partial charge in [-0.25, -0.2) is 0 Å². The van der Waals surface area contributed by atoms with E-state index in [-0.39, 0.29) is 0 Å². The SMILES string of the molecule is CCCC(C)C(CSc1ccc(C)cc1)NCC. The summed E-state index contributed by atoms with van der Waals surface area (Å²) in [6, 6.07) is 9.47. The molecule has 1 aromatic carbocycles. The molecule has 1 nitrogen and oxygen atoms in total. The molecule has 2 unspecified atom stereocenters. The zero-order chi connectivity index (χ0) is 13.4. The van der Waals surface area contributed by atoms with Crippen molar-refractivity contribution in [2.75, 3.05) is 12.3 Å². The van der Waals surface area contributed by atoms with E-state index in [1.165, 1.54) is 23.3 Å². The van der Waals surface area contributed by atoms with Crippen LogP contribution in [0.5, 0.6) is 0 Å². The lowest BCUT2D eigenvalue weighted by Gasteiger charge is -2.24. The summed E-state index contributed by atoms with van der Waals surface area (Å²) in [6.07, 6.45) is 2.59. The van der Waals surface area contributed by atoms with Crippen LogP contribution in [0, 0.1) is 12.8 Å². The Bertz CT molecular complexity index is 320. The van der Waals surface area contributed by atoms with Crippen molar-refractivity contribution in [2.45, 2.75) is 51.5 Å². The molecule has 0 fully saturated rings. The Morgan fingerprint density at radius 3 is 2.39 bits per heavy atom. The fraction of sp³-hybridized carbons (Fsp3) is 0.625. The third-order valence-electron chi connectivity index (χ3n) is 3.35. The smallest absolute Gasteiger partial charge is 0.0187 e. The van der Waals surface area contributed by atoms with Gasteiger partial charge in [0.1, 0.15) is 0 Å². The molecule has 0 saturated heterocycles. The molecule has 1 N–H and O–H groups in total. The first-order chi connectivity index (χ1) is 8.67. The van der Waals surface area contributed by atoms with Crippen LogP contribution in [0.15, 0.2) is 29.2 Å². The van der Waals surface area contributed by atoms with Crippen molar-refractivity contribution in [3.05, 3.63) is 29.8 Å². The summed E-state index contributed by atoms with van der Waals surface area (Å²) in [5.74, 6) is 1.92. The van der Waals surface area contributed by atoms with Gasteiger partial charge in [-0.3, -0.25) is 0 Å². The standard InChI is InChI=1S/C16H27NS/c1-5-7-14(4)16(17-6-2)12-18-15-10-8-13(3)9-11-15/h8-11,14,16-17H,5-7,12H2,1-4H3. The van der Waals surface area contributed by atoms with E-state index in [0.717, 1.165) is 18.2 Å². The van der Waals surface area contributed by atoms with E-state index in [0.29, 0.717) is 6.04 Å². The molecule has 0 radical (unpaired) electrons. The highest BCUT2D eigenvalue weighted by atomic mass is 32.2. The lowest BCUT2D eigenvalue weighted by molar-refractivity contribution is 0.388. The van der Waals surface area contributed by atoms with Gasteiger partial charge in [-0.1, -0.05) is 44.9 Å². The monoisotopic (exact) mass is 265 g/mol. The molecule has 0 amide bonds. The Kier molecular flexibility index (Phi) is 7.45. The van der Waals surface area contributed by atoms with Crippen molar-refractivity contribution in [1.29, 1.82) is 0 Å². The van der Waals surface area contributed by atoms with Crippen molar-refractivity contribution in [3.8, 4) is 0 Å². The Labute approximate surface area is 117 Å². The Morgan fingerprint density at radius 1 is 1.17 bits per heavy atom. The maximum Gasteiger partial charge on any atom is 0.0187 e. The van der Waals surface area contributed by atoms with E-state index in [9.17, 15) is 0 Å². The van der Waals surface area contributed by atoms with Gasteiger partial charge < -0.3 is 5.32 Å². The molecular weight excluding hydrogens is 238 g/mol. The normalized spacial score (nSPS) is 14.4. The predicted octanol–water partition coefficient (Wildman–Crippen LogP) is 4.50. The summed E-state index contributed by atoms with van der Waals surface area (Å²) in [6.45, 7) is 10.0. The van der Waals surface area contributed by atoms with E-state index in [1.54, 1.807) is 0 Å². The van der Waals surface area contributed by atoms with Crippen LogP contribution < -0.4 is 5.32 Å². The predicted molar refractivity (Wildman–Crippen MR) is 83.4 cm³/mol. The van der Waals surface area contributed by atoms with Crippen molar-refractivity contribution in [2.24, 2.45) is 5.92 Å². The molecule has 0 aromatic heterocycles. The van der Waals surface area contributed by atoms with Gasteiger partial charge in [0.05, 0.1) is 0 Å². The molecule has 2 atom stereocenters. The van der Waals surface area contributed by atoms with Gasteiger partial charge in [0.15, 0.2) is 0 Å². The highest BCUT2D eigenvalue weighted by Crippen LogP contribution is 2.22. The second kappa shape index (κ2) is 8.60. The minimum Gasteiger partial charge on any atom is -0.313 e. The maximum absolute atomic E-state index is 3.63. The van der Waals surface area contributed by atoms with Gasteiger partial charge >= 0.3 is 0 Å². The minimum absolute atomic E-state index is 0.626. The summed E-state index contributed by atoms with van der Waals surface area (Å²) in [5.41, 5.74) is 1.34. The van der Waals surface area contributed by atoms with Crippen molar-refractivity contribution in [1.82, 2.24) is 5.32 Å². The molecule has 0 spiro atoms. The summed E-state index contributed by atoms with van der Waals surface area (Å²) in [7, 11) is 0. The third kappa shape index (κ3) is 5.45. The molecule has 1 aromatic rings. The largest absolute Gasteiger partial charge is 0.313 e. The second-order valence-corrected chi connectivity index (χ2v) is 6.15. The summed E-state index contributed by atoms with van der Waals surface area (Å²) < 4.78 is 0. The maximum atomic E-state index is 3.63. The van der Waals surface area contributed by atoms with E-state index in [2.05, 4.69) is 57.3 Å². The third-order valence-corrected chi connectivity index (χ3v) is 4.48. The number of aryl methyl sites for hydroxylation is 1. The van der Waals surface area contributed by atoms with Gasteiger partial charge in [-0.2, -0.15) is 0 Å². The van der Waals surface area contributed by atoms with Crippen LogP contribution in [-0.2, 0) is 0 Å². The summed E-state index contributed by atoms with van der Waals surface area (Å²) >= 11 is 1.97. The molecule has 1 rings (SSSR count). The number of nitrogens with one attached hydrogen (secondary N) is 1. The second-order valence-electron chi connectivity index (χ2n) is 5.05. The fourth-order valence-electron chi connectivity index (χ4n) is 2.16. The molecule has 102 valence electrons. The zero-order valence-corrected chi connectivity index (χ0v) is 13.0. The number of rotatable bonds is 8. The van der Waals surface area contributed by atoms with E-state index in [4.69, 9.17) is 0 Å². The first-order valence-electron chi connectivity index (χ1n) is 7.10. The van der Waals surface area contributed by atoms with Crippen LogP contribution in [0.4, 0.5) is 0 Å². The molecule has 0 bridgehead atoms. The van der Waals surface area contributed by atoms with Crippen LogP contribution in [0.25, 0.3) is 0 Å². The molecule has 0 saturated carbocycles. The molecule has 0 aliphatic heterocycles. The summed E-state index contributed by atoms with van der Waals surface area (Å²) in [4.78, 5) is 1.38. The van der Waals surface area contributed by atoms with Crippen LogP contribution in [0.3, 0.4) is 0 Å². The highest BCUT2D eigenvalue weighted by molar-refractivity contribution is 7.99. The topological polar surface area (TPSA) is 12.0 Å². The van der Waals surface area contributed by atoms with Crippen LogP contribution >= 0.6 is 11.8 Å². The van der Waals surface area contributed by atoms with Gasteiger partial charge in [0.2, 0.25) is 0 Å². The number of hydrogen-bond acceptors (Lipinski definition) is 2. The molecule has 18 heavy (non-hydrogen) atoms. The van der Waals surface area contributed by atoms with Crippen molar-refractivity contribution in [3.63, 3.8) is 0 Å². The van der Waals surface area contributed by atoms with Crippen LogP contribution in [0.1, 0.15) is 39.2 Å². The number of benzene rings is 1. The van der Waals surface area contributed by atoms with E-state index >= 15 is 0 Å². The van der Waals surface area contributed by atoms with Gasteiger partial charge in [0, 0.05) is 16.7 Å². The first-order valence-corrected chi connectivity index (χ1v) is 8.08. The number of hydrogen-bond donors (Lipinski definition) is 1. The van der Waals surface area contributed by atoms with E-state index in [1.807, 2.05) is 11.8 Å². The molecule has 0 aliphatic rings. The quantitative estimate of drug-likeness (QED) is 0.694. The first kappa shape index (κ1) is 15.6. The van der Waals surface area contributed by atoms with Gasteiger partial charge in [-0.05, 0) is 37.9 Å². The Balaban J connectivity index is 2.48. The zero-order valence-electron chi connectivity index (χ0n) is 12.2. The number of thioether (sulfide) groups is 1. The molecule has 0 aliphatic carbocycles. The fourth-order valence-corrected chi connectivity index (χ4v) is 3.31. The van der Waals surface area contributed by atoms with Gasteiger partial charge in [-0.15, -0.1) is 11.8 Å². The molecule has 0 heterocycles. The average Bonchev–Trinajstić information content (AvgIpc) is 2.36. The van der Waals surface area contributed by atoms with Crippen molar-refractivity contribution < 1.29 is 0 Å². The van der Waals surface area contributed by atoms with Crippen LogP contribution in [-0.4, -0.2) is 18.3 Å². The molecule has 2 heteroatoms. The van der Waals surface area contributed by atoms with E-state index < -0.39 is 0 Å². The van der Waals surface area contributed by atoms with Gasteiger partial charge in [0.25, 0.3) is 0 Å². The average molecular weight is 265 g/mol.